The normalized spacial score (nSPS) is 12.5. The van der Waals surface area contributed by atoms with Gasteiger partial charge < -0.3 is 11.1 Å². The predicted octanol–water partition coefficient (Wildman–Crippen LogP) is 4.40. The highest BCUT2D eigenvalue weighted by molar-refractivity contribution is 6.02. The second-order valence-corrected chi connectivity index (χ2v) is 6.51. The summed E-state index contributed by atoms with van der Waals surface area (Å²) in [7, 11) is 0. The fraction of sp³-hybridized carbons (Fsp3) is 0.136. The van der Waals surface area contributed by atoms with Crippen molar-refractivity contribution in [2.45, 2.75) is 13.3 Å². The molecule has 0 spiro atoms. The van der Waals surface area contributed by atoms with Gasteiger partial charge in [-0.2, -0.15) is 0 Å². The summed E-state index contributed by atoms with van der Waals surface area (Å²) >= 11 is 0. The first-order chi connectivity index (χ1) is 12.1. The topological polar surface area (TPSA) is 55.1 Å². The highest BCUT2D eigenvalue weighted by atomic mass is 16.1. The van der Waals surface area contributed by atoms with E-state index in [1.807, 2.05) is 37.3 Å². The SMILES string of the molecule is Cc1ccc(-c2ccccc2-c2ccc3c(c2)CCN3)c(C(N)=O)c1. The summed E-state index contributed by atoms with van der Waals surface area (Å²) in [5.41, 5.74) is 14.0. The Labute approximate surface area is 147 Å². The Morgan fingerprint density at radius 1 is 0.960 bits per heavy atom. The molecule has 3 aromatic carbocycles. The molecule has 0 aromatic heterocycles. The van der Waals surface area contributed by atoms with Gasteiger partial charge in [0.2, 0.25) is 5.91 Å². The number of hydrogen-bond donors (Lipinski definition) is 2. The van der Waals surface area contributed by atoms with Gasteiger partial charge in [-0.05, 0) is 59.4 Å². The Balaban J connectivity index is 1.90. The Bertz CT molecular complexity index is 976. The molecule has 3 aromatic rings. The number of benzene rings is 3. The van der Waals surface area contributed by atoms with Crippen LogP contribution < -0.4 is 11.1 Å². The number of fused-ring (bicyclic) bond motifs is 1. The molecule has 0 unspecified atom stereocenters. The molecular formula is C22H20N2O. The van der Waals surface area contributed by atoms with Crippen LogP contribution in [-0.4, -0.2) is 12.5 Å². The molecule has 124 valence electrons. The lowest BCUT2D eigenvalue weighted by Crippen LogP contribution is -2.12. The summed E-state index contributed by atoms with van der Waals surface area (Å²) in [6.07, 6.45) is 1.04. The standard InChI is InChI=1S/C22H20N2O/c1-14-6-8-19(20(12-14)22(23)25)18-5-3-2-4-17(18)15-7-9-21-16(13-15)10-11-24-21/h2-9,12-13,24H,10-11H2,1H3,(H2,23,25). The molecule has 0 aliphatic carbocycles. The average molecular weight is 328 g/mol. The third kappa shape index (κ3) is 2.78. The third-order valence-corrected chi connectivity index (χ3v) is 4.78. The van der Waals surface area contributed by atoms with Crippen molar-refractivity contribution in [1.29, 1.82) is 0 Å². The highest BCUT2D eigenvalue weighted by Crippen LogP contribution is 2.36. The van der Waals surface area contributed by atoms with Gasteiger partial charge in [0.15, 0.2) is 0 Å². The number of nitrogens with one attached hydrogen (secondary N) is 1. The molecular weight excluding hydrogens is 308 g/mol. The average Bonchev–Trinajstić information content (AvgIpc) is 3.09. The fourth-order valence-corrected chi connectivity index (χ4v) is 3.54. The van der Waals surface area contributed by atoms with Crippen LogP contribution in [0.1, 0.15) is 21.5 Å². The number of carbonyl (C=O) groups is 1. The predicted molar refractivity (Wildman–Crippen MR) is 103 cm³/mol. The first kappa shape index (κ1) is 15.5. The lowest BCUT2D eigenvalue weighted by atomic mass is 9.90. The van der Waals surface area contributed by atoms with Crippen LogP contribution in [0.4, 0.5) is 5.69 Å². The molecule has 3 N–H and O–H groups in total. The number of anilines is 1. The maximum absolute atomic E-state index is 12.0. The summed E-state index contributed by atoms with van der Waals surface area (Å²) in [4.78, 5) is 12.0. The van der Waals surface area contributed by atoms with Crippen LogP contribution in [0.25, 0.3) is 22.3 Å². The van der Waals surface area contributed by atoms with E-state index in [-0.39, 0.29) is 0 Å². The molecule has 4 rings (SSSR count). The van der Waals surface area contributed by atoms with E-state index in [1.165, 1.54) is 11.3 Å². The smallest absolute Gasteiger partial charge is 0.249 e. The number of nitrogens with two attached hydrogens (primary N) is 1. The van der Waals surface area contributed by atoms with Gasteiger partial charge in [-0.3, -0.25) is 4.79 Å². The van der Waals surface area contributed by atoms with Gasteiger partial charge >= 0.3 is 0 Å². The molecule has 0 radical (unpaired) electrons. The summed E-state index contributed by atoms with van der Waals surface area (Å²) in [6.45, 7) is 2.96. The molecule has 1 amide bonds. The monoisotopic (exact) mass is 328 g/mol. The lowest BCUT2D eigenvalue weighted by Gasteiger charge is -2.14. The van der Waals surface area contributed by atoms with Crippen molar-refractivity contribution in [3.63, 3.8) is 0 Å². The van der Waals surface area contributed by atoms with E-state index in [4.69, 9.17) is 5.73 Å². The lowest BCUT2D eigenvalue weighted by molar-refractivity contribution is 0.100. The Kier molecular flexibility index (Phi) is 3.77. The second-order valence-electron chi connectivity index (χ2n) is 6.51. The first-order valence-electron chi connectivity index (χ1n) is 8.50. The minimum atomic E-state index is -0.397. The van der Waals surface area contributed by atoms with Gasteiger partial charge in [-0.15, -0.1) is 0 Å². The van der Waals surface area contributed by atoms with E-state index in [0.717, 1.165) is 40.8 Å². The zero-order valence-electron chi connectivity index (χ0n) is 14.2. The third-order valence-electron chi connectivity index (χ3n) is 4.78. The van der Waals surface area contributed by atoms with Gasteiger partial charge in [-0.25, -0.2) is 0 Å². The molecule has 0 fully saturated rings. The summed E-state index contributed by atoms with van der Waals surface area (Å²) in [5.74, 6) is -0.397. The van der Waals surface area contributed by atoms with Crippen molar-refractivity contribution in [2.75, 3.05) is 11.9 Å². The molecule has 1 aliphatic heterocycles. The van der Waals surface area contributed by atoms with Crippen LogP contribution in [0, 0.1) is 6.92 Å². The minimum absolute atomic E-state index is 0.397. The van der Waals surface area contributed by atoms with Crippen LogP contribution in [0.15, 0.2) is 60.7 Å². The van der Waals surface area contributed by atoms with Crippen molar-refractivity contribution in [3.8, 4) is 22.3 Å². The molecule has 0 bridgehead atoms. The zero-order valence-corrected chi connectivity index (χ0v) is 14.2. The number of amides is 1. The van der Waals surface area contributed by atoms with E-state index in [1.54, 1.807) is 0 Å². The van der Waals surface area contributed by atoms with Crippen LogP contribution in [0.5, 0.6) is 0 Å². The Morgan fingerprint density at radius 3 is 2.56 bits per heavy atom. The van der Waals surface area contributed by atoms with Crippen LogP contribution in [0.2, 0.25) is 0 Å². The second kappa shape index (κ2) is 6.10. The molecule has 1 aliphatic rings. The van der Waals surface area contributed by atoms with Gasteiger partial charge in [0, 0.05) is 17.8 Å². The van der Waals surface area contributed by atoms with Crippen molar-refractivity contribution in [2.24, 2.45) is 5.73 Å². The molecule has 3 nitrogen and oxygen atoms in total. The van der Waals surface area contributed by atoms with Crippen LogP contribution in [0.3, 0.4) is 0 Å². The van der Waals surface area contributed by atoms with Crippen LogP contribution in [-0.2, 0) is 6.42 Å². The molecule has 1 heterocycles. The van der Waals surface area contributed by atoms with Crippen molar-refractivity contribution in [3.05, 3.63) is 77.4 Å². The first-order valence-corrected chi connectivity index (χ1v) is 8.50. The zero-order chi connectivity index (χ0) is 17.4. The fourth-order valence-electron chi connectivity index (χ4n) is 3.54. The van der Waals surface area contributed by atoms with E-state index >= 15 is 0 Å². The number of rotatable bonds is 3. The summed E-state index contributed by atoms with van der Waals surface area (Å²) in [5, 5.41) is 3.39. The van der Waals surface area contributed by atoms with E-state index < -0.39 is 5.91 Å². The minimum Gasteiger partial charge on any atom is -0.384 e. The summed E-state index contributed by atoms with van der Waals surface area (Å²) in [6, 6.07) is 20.6. The van der Waals surface area contributed by atoms with Crippen LogP contribution >= 0.6 is 0 Å². The van der Waals surface area contributed by atoms with E-state index in [0.29, 0.717) is 5.56 Å². The quantitative estimate of drug-likeness (QED) is 0.749. The highest BCUT2D eigenvalue weighted by Gasteiger charge is 2.16. The molecule has 0 saturated carbocycles. The number of aryl methyl sites for hydroxylation is 1. The maximum atomic E-state index is 12.0. The maximum Gasteiger partial charge on any atom is 0.249 e. The molecule has 0 saturated heterocycles. The van der Waals surface area contributed by atoms with Gasteiger partial charge in [0.05, 0.1) is 0 Å². The number of primary amides is 1. The Morgan fingerprint density at radius 2 is 1.76 bits per heavy atom. The largest absolute Gasteiger partial charge is 0.384 e. The number of carbonyl (C=O) groups excluding carboxylic acids is 1. The summed E-state index contributed by atoms with van der Waals surface area (Å²) < 4.78 is 0. The Hall–Kier alpha value is -3.07. The molecule has 25 heavy (non-hydrogen) atoms. The van der Waals surface area contributed by atoms with Gasteiger partial charge in [-0.1, -0.05) is 48.0 Å². The van der Waals surface area contributed by atoms with Crippen molar-refractivity contribution < 1.29 is 4.79 Å². The molecule has 3 heteroatoms. The van der Waals surface area contributed by atoms with E-state index in [2.05, 4.69) is 35.6 Å². The van der Waals surface area contributed by atoms with E-state index in [9.17, 15) is 4.79 Å². The van der Waals surface area contributed by atoms with Gasteiger partial charge in [0.1, 0.15) is 0 Å². The number of hydrogen-bond acceptors (Lipinski definition) is 2. The van der Waals surface area contributed by atoms with Crippen molar-refractivity contribution >= 4 is 11.6 Å². The van der Waals surface area contributed by atoms with Crippen molar-refractivity contribution in [1.82, 2.24) is 0 Å². The van der Waals surface area contributed by atoms with Gasteiger partial charge in [0.25, 0.3) is 0 Å². The molecule has 0 atom stereocenters.